The van der Waals surface area contributed by atoms with Crippen LogP contribution < -0.4 is 0 Å². The van der Waals surface area contributed by atoms with Gasteiger partial charge in [0.1, 0.15) is 11.1 Å². The zero-order chi connectivity index (χ0) is 21.9. The molecule has 6 heteroatoms. The molecule has 0 radical (unpaired) electrons. The predicted molar refractivity (Wildman–Crippen MR) is 133 cm³/mol. The fourth-order valence-electron chi connectivity index (χ4n) is 3.90. The van der Waals surface area contributed by atoms with E-state index >= 15 is 0 Å². The fraction of sp³-hybridized carbons (Fsp3) is 0.115. The van der Waals surface area contributed by atoms with Crippen LogP contribution in [0.1, 0.15) is 39.2 Å². The van der Waals surface area contributed by atoms with Crippen molar-refractivity contribution in [1.29, 1.82) is 10.5 Å². The molecule has 0 bridgehead atoms. The molecule has 1 aliphatic rings. The summed E-state index contributed by atoms with van der Waals surface area (Å²) in [4.78, 5) is 7.38. The molecule has 4 aromatic rings. The van der Waals surface area contributed by atoms with Crippen LogP contribution in [-0.2, 0) is 12.2 Å². The van der Waals surface area contributed by atoms with Crippen molar-refractivity contribution in [2.24, 2.45) is 0 Å². The van der Waals surface area contributed by atoms with E-state index in [9.17, 15) is 5.26 Å². The fourth-order valence-corrected chi connectivity index (χ4v) is 6.33. The number of aromatic nitrogens is 1. The van der Waals surface area contributed by atoms with Crippen molar-refractivity contribution < 1.29 is 0 Å². The van der Waals surface area contributed by atoms with Gasteiger partial charge in [-0.05, 0) is 70.6 Å². The topological polar surface area (TPSA) is 60.5 Å². The van der Waals surface area contributed by atoms with E-state index in [1.54, 1.807) is 34.4 Å². The second-order valence-corrected chi connectivity index (χ2v) is 10.3. The summed E-state index contributed by atoms with van der Waals surface area (Å²) in [6, 6.07) is 20.5. The first-order valence-corrected chi connectivity index (χ1v) is 12.9. The Balaban J connectivity index is 1.59. The molecule has 0 aliphatic heterocycles. The van der Waals surface area contributed by atoms with Crippen LogP contribution in [0.3, 0.4) is 0 Å². The van der Waals surface area contributed by atoms with Gasteiger partial charge in [0.05, 0.1) is 22.9 Å². The van der Waals surface area contributed by atoms with Crippen molar-refractivity contribution in [3.05, 3.63) is 92.1 Å². The second-order valence-electron chi connectivity index (χ2n) is 7.37. The molecular weight excluding hydrogens is 451 g/mol. The Morgan fingerprint density at radius 2 is 1.78 bits per heavy atom. The molecule has 1 aromatic carbocycles. The first-order valence-electron chi connectivity index (χ1n) is 10.1. The highest BCUT2D eigenvalue weighted by Gasteiger charge is 2.27. The summed E-state index contributed by atoms with van der Waals surface area (Å²) >= 11 is 4.98. The van der Waals surface area contributed by atoms with Gasteiger partial charge in [0.25, 0.3) is 0 Å². The molecule has 0 atom stereocenters. The van der Waals surface area contributed by atoms with Crippen molar-refractivity contribution in [2.45, 2.75) is 23.6 Å². The molecule has 5 rings (SSSR count). The summed E-state index contributed by atoms with van der Waals surface area (Å²) in [5, 5.41) is 24.1. The maximum absolute atomic E-state index is 10.1. The Morgan fingerprint density at radius 1 is 0.969 bits per heavy atom. The lowest BCUT2D eigenvalue weighted by molar-refractivity contribution is 1.05. The zero-order valence-corrected chi connectivity index (χ0v) is 19.5. The first-order chi connectivity index (χ1) is 15.8. The Kier molecular flexibility index (Phi) is 5.92. The van der Waals surface area contributed by atoms with E-state index in [2.05, 4.69) is 47.2 Å². The highest BCUT2D eigenvalue weighted by Crippen LogP contribution is 2.44. The third-order valence-electron chi connectivity index (χ3n) is 5.41. The molecule has 3 heterocycles. The van der Waals surface area contributed by atoms with E-state index in [4.69, 9.17) is 10.2 Å². The minimum atomic E-state index is 0.649. The quantitative estimate of drug-likeness (QED) is 0.287. The third kappa shape index (κ3) is 4.01. The Bertz CT molecular complexity index is 1370. The Labute approximate surface area is 199 Å². The lowest BCUT2D eigenvalue weighted by Crippen LogP contribution is -2.00. The van der Waals surface area contributed by atoms with Gasteiger partial charge in [0, 0.05) is 21.1 Å². The first kappa shape index (κ1) is 20.7. The largest absolute Gasteiger partial charge is 0.240 e. The van der Waals surface area contributed by atoms with Crippen LogP contribution in [0.15, 0.2) is 64.3 Å². The normalized spacial score (nSPS) is 13.6. The van der Waals surface area contributed by atoms with Crippen LogP contribution in [0.5, 0.6) is 0 Å². The highest BCUT2D eigenvalue weighted by molar-refractivity contribution is 7.98. The third-order valence-corrected chi connectivity index (χ3v) is 8.16. The number of rotatable bonds is 5. The molecular formula is C26H17N3S3. The van der Waals surface area contributed by atoms with Crippen LogP contribution in [0.25, 0.3) is 22.1 Å². The van der Waals surface area contributed by atoms with Gasteiger partial charge in [0.15, 0.2) is 0 Å². The number of pyridine rings is 1. The standard InChI is InChI=1S/C26H17N3S3/c27-14-17-5-7-18(8-6-17)16-32-26-22(15-28)24(23-4-2-12-31-23)21-10-9-19(25(21)29-26)13-20-3-1-11-30-20/h1-8,11-13H,9-10,16H2/b19-13+. The minimum Gasteiger partial charge on any atom is -0.240 e. The summed E-state index contributed by atoms with van der Waals surface area (Å²) < 4.78 is 0. The number of hydrogen-bond donors (Lipinski definition) is 0. The molecule has 154 valence electrons. The van der Waals surface area contributed by atoms with E-state index in [1.165, 1.54) is 16.0 Å². The number of nitrogens with zero attached hydrogens (tertiary/aromatic N) is 3. The maximum Gasteiger partial charge on any atom is 0.116 e. The van der Waals surface area contributed by atoms with Crippen molar-refractivity contribution >= 4 is 46.1 Å². The maximum atomic E-state index is 10.1. The van der Waals surface area contributed by atoms with E-state index in [1.807, 2.05) is 30.3 Å². The number of thiophene rings is 2. The summed E-state index contributed by atoms with van der Waals surface area (Å²) in [6.07, 6.45) is 4.08. The molecule has 0 unspecified atom stereocenters. The number of thioether (sulfide) groups is 1. The number of allylic oxidation sites excluding steroid dienone is 1. The molecule has 32 heavy (non-hydrogen) atoms. The molecule has 1 aliphatic carbocycles. The molecule has 3 aromatic heterocycles. The van der Waals surface area contributed by atoms with Gasteiger partial charge in [-0.2, -0.15) is 10.5 Å². The van der Waals surface area contributed by atoms with E-state index in [0.29, 0.717) is 16.9 Å². The van der Waals surface area contributed by atoms with Crippen molar-refractivity contribution in [3.8, 4) is 22.6 Å². The molecule has 0 N–H and O–H groups in total. The summed E-state index contributed by atoms with van der Waals surface area (Å²) in [6.45, 7) is 0. The van der Waals surface area contributed by atoms with Crippen LogP contribution in [-0.4, -0.2) is 4.98 Å². The van der Waals surface area contributed by atoms with E-state index < -0.39 is 0 Å². The monoisotopic (exact) mass is 467 g/mol. The summed E-state index contributed by atoms with van der Waals surface area (Å²) in [7, 11) is 0. The van der Waals surface area contributed by atoms with Crippen molar-refractivity contribution in [2.75, 3.05) is 0 Å². The van der Waals surface area contributed by atoms with Gasteiger partial charge in [-0.15, -0.1) is 34.4 Å². The number of nitriles is 2. The lowest BCUT2D eigenvalue weighted by Gasteiger charge is -2.13. The molecule has 0 amide bonds. The van der Waals surface area contributed by atoms with Gasteiger partial charge >= 0.3 is 0 Å². The van der Waals surface area contributed by atoms with Crippen LogP contribution in [0.2, 0.25) is 0 Å². The van der Waals surface area contributed by atoms with Gasteiger partial charge in [-0.3, -0.25) is 0 Å². The van der Waals surface area contributed by atoms with Gasteiger partial charge in [0.2, 0.25) is 0 Å². The zero-order valence-electron chi connectivity index (χ0n) is 17.0. The van der Waals surface area contributed by atoms with Crippen molar-refractivity contribution in [1.82, 2.24) is 4.98 Å². The SMILES string of the molecule is N#Cc1ccc(CSc2nc3c(c(-c4cccs4)c2C#N)CC/C3=C\c2cccs2)cc1. The van der Waals surface area contributed by atoms with Crippen LogP contribution in [0, 0.1) is 22.7 Å². The smallest absolute Gasteiger partial charge is 0.116 e. The van der Waals surface area contributed by atoms with E-state index in [0.717, 1.165) is 39.6 Å². The van der Waals surface area contributed by atoms with Gasteiger partial charge in [-0.25, -0.2) is 4.98 Å². The highest BCUT2D eigenvalue weighted by atomic mass is 32.2. The van der Waals surface area contributed by atoms with Crippen LogP contribution >= 0.6 is 34.4 Å². The Hall–Kier alpha value is -3.16. The Morgan fingerprint density at radius 3 is 2.47 bits per heavy atom. The molecule has 0 saturated carbocycles. The molecule has 0 spiro atoms. The molecule has 0 fully saturated rings. The summed E-state index contributed by atoms with van der Waals surface area (Å²) in [5.74, 6) is 0.694. The predicted octanol–water partition coefficient (Wildman–Crippen LogP) is 7.39. The second kappa shape index (κ2) is 9.14. The van der Waals surface area contributed by atoms with E-state index in [-0.39, 0.29) is 0 Å². The van der Waals surface area contributed by atoms with Crippen molar-refractivity contribution in [3.63, 3.8) is 0 Å². The lowest BCUT2D eigenvalue weighted by atomic mass is 10.0. The number of benzene rings is 1. The number of hydrogen-bond acceptors (Lipinski definition) is 6. The average molecular weight is 468 g/mol. The molecule has 3 nitrogen and oxygen atoms in total. The summed E-state index contributed by atoms with van der Waals surface area (Å²) in [5.41, 5.74) is 6.93. The number of fused-ring (bicyclic) bond motifs is 1. The average Bonchev–Trinajstić information content (AvgIpc) is 3.60. The van der Waals surface area contributed by atoms with Crippen LogP contribution in [0.4, 0.5) is 0 Å². The van der Waals surface area contributed by atoms with Gasteiger partial charge < -0.3 is 0 Å². The van der Waals surface area contributed by atoms with Gasteiger partial charge in [-0.1, -0.05) is 24.3 Å². The molecule has 0 saturated heterocycles. The minimum absolute atomic E-state index is 0.649.